The Labute approximate surface area is 133 Å². The number of non-ortho nitro benzene ring substituents is 1. The van der Waals surface area contributed by atoms with Crippen LogP contribution in [0.3, 0.4) is 0 Å². The van der Waals surface area contributed by atoms with E-state index >= 15 is 0 Å². The van der Waals surface area contributed by atoms with Crippen molar-refractivity contribution in [3.05, 3.63) is 34.4 Å². The van der Waals surface area contributed by atoms with Gasteiger partial charge in [0.15, 0.2) is 6.17 Å². The van der Waals surface area contributed by atoms with Gasteiger partial charge in [-0.15, -0.1) is 0 Å². The second-order valence-electron chi connectivity index (χ2n) is 6.31. The molecule has 0 saturated carbocycles. The van der Waals surface area contributed by atoms with Crippen molar-refractivity contribution in [1.82, 2.24) is 4.90 Å². The van der Waals surface area contributed by atoms with E-state index in [2.05, 4.69) is 0 Å². The fraction of sp³-hybridized carbons (Fsp3) is 0.533. The van der Waals surface area contributed by atoms with E-state index < -0.39 is 28.9 Å². The molecule has 1 amide bonds. The number of likely N-dealkylation sites (tertiary alicyclic amines) is 1. The zero-order valence-electron chi connectivity index (χ0n) is 13.2. The van der Waals surface area contributed by atoms with Gasteiger partial charge in [-0.3, -0.25) is 10.1 Å². The summed E-state index contributed by atoms with van der Waals surface area (Å²) in [7, 11) is 0. The summed E-state index contributed by atoms with van der Waals surface area (Å²) in [6.45, 7) is 5.16. The number of ether oxygens (including phenoxy) is 2. The van der Waals surface area contributed by atoms with E-state index in [-0.39, 0.29) is 18.8 Å². The Bertz CT molecular complexity index is 585. The standard InChI is InChI=1S/C15H19FN2O5/c1-15(2,3)23-14(19)17-8-12(16)13(9-17)22-11-6-4-10(5-7-11)18(20)21/h4-7,12-13H,8-9H2,1-3H3/t12-,13-/m1/s1. The highest BCUT2D eigenvalue weighted by Crippen LogP contribution is 2.24. The van der Waals surface area contributed by atoms with Crippen LogP contribution in [0.4, 0.5) is 14.9 Å². The van der Waals surface area contributed by atoms with E-state index in [1.165, 1.54) is 29.2 Å². The van der Waals surface area contributed by atoms with E-state index in [1.54, 1.807) is 20.8 Å². The SMILES string of the molecule is CC(C)(C)OC(=O)N1C[C@@H](F)[C@H](Oc2ccc([N+](=O)[O-])cc2)C1. The molecule has 1 aromatic carbocycles. The van der Waals surface area contributed by atoms with Crippen molar-refractivity contribution in [2.45, 2.75) is 38.6 Å². The molecule has 0 unspecified atom stereocenters. The second-order valence-corrected chi connectivity index (χ2v) is 6.31. The second kappa shape index (κ2) is 6.39. The molecule has 8 heteroatoms. The van der Waals surface area contributed by atoms with Gasteiger partial charge in [0.05, 0.1) is 18.0 Å². The van der Waals surface area contributed by atoms with Gasteiger partial charge in [0.25, 0.3) is 5.69 Å². The van der Waals surface area contributed by atoms with E-state index in [1.807, 2.05) is 0 Å². The molecule has 0 N–H and O–H groups in total. The van der Waals surface area contributed by atoms with Crippen molar-refractivity contribution >= 4 is 11.8 Å². The number of hydrogen-bond donors (Lipinski definition) is 0. The molecule has 1 aliphatic heterocycles. The first-order valence-corrected chi connectivity index (χ1v) is 7.19. The van der Waals surface area contributed by atoms with Crippen LogP contribution in [0.2, 0.25) is 0 Å². The van der Waals surface area contributed by atoms with Crippen LogP contribution in [-0.2, 0) is 4.74 Å². The minimum Gasteiger partial charge on any atom is -0.485 e. The molecule has 1 aliphatic rings. The van der Waals surface area contributed by atoms with Crippen molar-refractivity contribution in [1.29, 1.82) is 0 Å². The lowest BCUT2D eigenvalue weighted by Gasteiger charge is -2.24. The van der Waals surface area contributed by atoms with Crippen molar-refractivity contribution < 1.29 is 23.6 Å². The molecular weight excluding hydrogens is 307 g/mol. The molecule has 2 atom stereocenters. The molecule has 23 heavy (non-hydrogen) atoms. The highest BCUT2D eigenvalue weighted by molar-refractivity contribution is 5.68. The normalized spacial score (nSPS) is 21.1. The molecule has 7 nitrogen and oxygen atoms in total. The number of alkyl halides is 1. The van der Waals surface area contributed by atoms with Crippen molar-refractivity contribution in [3.63, 3.8) is 0 Å². The summed E-state index contributed by atoms with van der Waals surface area (Å²) in [6, 6.07) is 5.37. The van der Waals surface area contributed by atoms with Gasteiger partial charge in [-0.25, -0.2) is 9.18 Å². The number of benzene rings is 1. The average Bonchev–Trinajstić information content (AvgIpc) is 2.79. The van der Waals surface area contributed by atoms with Crippen LogP contribution < -0.4 is 4.74 Å². The van der Waals surface area contributed by atoms with E-state index in [0.29, 0.717) is 5.75 Å². The highest BCUT2D eigenvalue weighted by atomic mass is 19.1. The third kappa shape index (κ3) is 4.54. The molecule has 0 bridgehead atoms. The predicted octanol–water partition coefficient (Wildman–Crippen LogP) is 2.93. The molecular formula is C15H19FN2O5. The number of carbonyl (C=O) groups is 1. The number of halogens is 1. The Morgan fingerprint density at radius 3 is 2.43 bits per heavy atom. The van der Waals surface area contributed by atoms with Gasteiger partial charge < -0.3 is 14.4 Å². The molecule has 126 valence electrons. The molecule has 1 aromatic rings. The van der Waals surface area contributed by atoms with Crippen molar-refractivity contribution in [2.75, 3.05) is 13.1 Å². The minimum absolute atomic E-state index is 0.0626. The highest BCUT2D eigenvalue weighted by Gasteiger charge is 2.38. The van der Waals surface area contributed by atoms with Crippen LogP contribution in [0.15, 0.2) is 24.3 Å². The molecule has 1 saturated heterocycles. The molecule has 1 fully saturated rings. The maximum atomic E-state index is 14.0. The van der Waals surface area contributed by atoms with E-state index in [0.717, 1.165) is 0 Å². The van der Waals surface area contributed by atoms with Crippen LogP contribution in [0, 0.1) is 10.1 Å². The van der Waals surface area contributed by atoms with Gasteiger partial charge in [0.1, 0.15) is 17.5 Å². The lowest BCUT2D eigenvalue weighted by molar-refractivity contribution is -0.384. The zero-order chi connectivity index (χ0) is 17.2. The number of carbonyl (C=O) groups excluding carboxylic acids is 1. The molecule has 0 aromatic heterocycles. The minimum atomic E-state index is -1.35. The number of rotatable bonds is 3. The number of nitrogens with zero attached hydrogens (tertiary/aromatic N) is 2. The summed E-state index contributed by atoms with van der Waals surface area (Å²) in [5.41, 5.74) is -0.726. The Kier molecular flexibility index (Phi) is 4.72. The van der Waals surface area contributed by atoms with E-state index in [9.17, 15) is 19.3 Å². The number of amides is 1. The molecule has 0 aliphatic carbocycles. The first kappa shape index (κ1) is 17.0. The fourth-order valence-electron chi connectivity index (χ4n) is 2.14. The summed E-state index contributed by atoms with van der Waals surface area (Å²) in [5, 5.41) is 10.6. The Morgan fingerprint density at radius 2 is 1.91 bits per heavy atom. The van der Waals surface area contributed by atoms with Gasteiger partial charge in [-0.2, -0.15) is 0 Å². The fourth-order valence-corrected chi connectivity index (χ4v) is 2.14. The van der Waals surface area contributed by atoms with E-state index in [4.69, 9.17) is 9.47 Å². The summed E-state index contributed by atoms with van der Waals surface area (Å²) >= 11 is 0. The Balaban J connectivity index is 1.96. The Morgan fingerprint density at radius 1 is 1.30 bits per heavy atom. The summed E-state index contributed by atoms with van der Waals surface area (Å²) in [4.78, 5) is 23.2. The van der Waals surface area contributed by atoms with Gasteiger partial charge in [-0.05, 0) is 32.9 Å². The number of nitro benzene ring substituents is 1. The zero-order valence-corrected chi connectivity index (χ0v) is 13.2. The third-order valence-electron chi connectivity index (χ3n) is 3.19. The van der Waals surface area contributed by atoms with Gasteiger partial charge in [-0.1, -0.05) is 0 Å². The van der Waals surface area contributed by atoms with Gasteiger partial charge in [0, 0.05) is 12.1 Å². The molecule has 0 spiro atoms. The lowest BCUT2D eigenvalue weighted by atomic mass is 10.2. The first-order valence-electron chi connectivity index (χ1n) is 7.19. The Hall–Kier alpha value is -2.38. The summed E-state index contributed by atoms with van der Waals surface area (Å²) in [6.07, 6.45) is -2.77. The maximum Gasteiger partial charge on any atom is 0.410 e. The van der Waals surface area contributed by atoms with Crippen LogP contribution in [0.25, 0.3) is 0 Å². The largest absolute Gasteiger partial charge is 0.485 e. The quantitative estimate of drug-likeness (QED) is 0.630. The monoisotopic (exact) mass is 326 g/mol. The molecule has 1 heterocycles. The van der Waals surface area contributed by atoms with Crippen LogP contribution in [0.1, 0.15) is 20.8 Å². The van der Waals surface area contributed by atoms with Crippen molar-refractivity contribution in [3.8, 4) is 5.75 Å². The van der Waals surface area contributed by atoms with Crippen LogP contribution in [-0.4, -0.2) is 46.9 Å². The van der Waals surface area contributed by atoms with Gasteiger partial charge >= 0.3 is 6.09 Å². The number of nitro groups is 1. The lowest BCUT2D eigenvalue weighted by Crippen LogP contribution is -2.36. The van der Waals surface area contributed by atoms with Crippen LogP contribution >= 0.6 is 0 Å². The third-order valence-corrected chi connectivity index (χ3v) is 3.19. The predicted molar refractivity (Wildman–Crippen MR) is 80.2 cm³/mol. The average molecular weight is 326 g/mol. The topological polar surface area (TPSA) is 81.9 Å². The van der Waals surface area contributed by atoms with Crippen LogP contribution in [0.5, 0.6) is 5.75 Å². The maximum absolute atomic E-state index is 14.0. The molecule has 2 rings (SSSR count). The summed E-state index contributed by atoms with van der Waals surface area (Å²) in [5.74, 6) is 0.314. The molecule has 0 radical (unpaired) electrons. The first-order chi connectivity index (χ1) is 10.7. The number of hydrogen-bond acceptors (Lipinski definition) is 5. The smallest absolute Gasteiger partial charge is 0.410 e. The van der Waals surface area contributed by atoms with Crippen molar-refractivity contribution in [2.24, 2.45) is 0 Å². The summed E-state index contributed by atoms with van der Waals surface area (Å²) < 4.78 is 24.7. The van der Waals surface area contributed by atoms with Gasteiger partial charge in [0.2, 0.25) is 0 Å².